The lowest BCUT2D eigenvalue weighted by molar-refractivity contribution is -0.135. The molecule has 0 aliphatic rings. The van der Waals surface area contributed by atoms with Gasteiger partial charge in [-0.25, -0.2) is 4.98 Å². The molecule has 4 rings (SSSR count). The van der Waals surface area contributed by atoms with Crippen molar-refractivity contribution < 1.29 is 19.4 Å². The number of imidazole rings is 1. The number of nitrogens with zero attached hydrogens (tertiary/aromatic N) is 1. The van der Waals surface area contributed by atoms with Crippen LogP contribution >= 0.6 is 11.6 Å². The van der Waals surface area contributed by atoms with Crippen LogP contribution in [0.5, 0.6) is 5.75 Å². The molecule has 0 fully saturated rings. The molecule has 31 heavy (non-hydrogen) atoms. The second-order valence-corrected chi connectivity index (χ2v) is 7.21. The molecular weight excluding hydrogens is 418 g/mol. The van der Waals surface area contributed by atoms with Crippen LogP contribution in [0.25, 0.3) is 22.2 Å². The minimum absolute atomic E-state index is 0.0604. The van der Waals surface area contributed by atoms with E-state index in [1.54, 1.807) is 0 Å². The molecule has 7 nitrogen and oxygen atoms in total. The monoisotopic (exact) mass is 435 g/mol. The molecule has 0 saturated heterocycles. The number of carbonyl (C=O) groups excluding carboxylic acids is 1. The quantitative estimate of drug-likeness (QED) is 0.402. The topological polar surface area (TPSA) is 104 Å². The number of fused-ring (bicyclic) bond motifs is 1. The van der Waals surface area contributed by atoms with Crippen LogP contribution in [-0.2, 0) is 11.4 Å². The number of hydrogen-bond donors (Lipinski definition) is 3. The zero-order valence-electron chi connectivity index (χ0n) is 16.3. The highest BCUT2D eigenvalue weighted by Crippen LogP contribution is 2.27. The molecule has 0 aliphatic heterocycles. The van der Waals surface area contributed by atoms with Crippen LogP contribution in [0, 0.1) is 0 Å². The summed E-state index contributed by atoms with van der Waals surface area (Å²) in [6, 6.07) is 20.8. The predicted octanol–water partition coefficient (Wildman–Crippen LogP) is 4.28. The zero-order valence-corrected chi connectivity index (χ0v) is 17.0. The van der Waals surface area contributed by atoms with E-state index in [4.69, 9.17) is 21.4 Å². The summed E-state index contributed by atoms with van der Waals surface area (Å²) < 4.78 is 5.90. The Morgan fingerprint density at radius 2 is 1.84 bits per heavy atom. The lowest BCUT2D eigenvalue weighted by atomic mass is 10.0. The Balaban J connectivity index is 1.53. The SMILES string of the molecule is O=C(O)CNC(=O)c1nc2cc(-c3cccc(OCc4ccccc4Cl)c3)ccc2[nH]1. The van der Waals surface area contributed by atoms with Crippen LogP contribution < -0.4 is 10.1 Å². The maximum absolute atomic E-state index is 12.0. The number of rotatable bonds is 7. The van der Waals surface area contributed by atoms with Crippen LogP contribution in [0.1, 0.15) is 16.2 Å². The van der Waals surface area contributed by atoms with Crippen molar-refractivity contribution in [2.75, 3.05) is 6.54 Å². The van der Waals surface area contributed by atoms with E-state index in [0.717, 1.165) is 16.7 Å². The van der Waals surface area contributed by atoms with Gasteiger partial charge in [0, 0.05) is 10.6 Å². The van der Waals surface area contributed by atoms with Gasteiger partial charge in [-0.15, -0.1) is 0 Å². The molecule has 1 aromatic heterocycles. The number of halogens is 1. The molecule has 1 amide bonds. The van der Waals surface area contributed by atoms with Gasteiger partial charge in [0.1, 0.15) is 18.9 Å². The number of carbonyl (C=O) groups is 2. The van der Waals surface area contributed by atoms with Crippen LogP contribution in [0.15, 0.2) is 66.7 Å². The van der Waals surface area contributed by atoms with Gasteiger partial charge >= 0.3 is 5.97 Å². The first-order chi connectivity index (χ1) is 15.0. The third-order valence-electron chi connectivity index (χ3n) is 4.62. The first-order valence-corrected chi connectivity index (χ1v) is 9.84. The molecule has 8 heteroatoms. The van der Waals surface area contributed by atoms with Gasteiger partial charge in [0.25, 0.3) is 5.91 Å². The highest BCUT2D eigenvalue weighted by molar-refractivity contribution is 6.31. The molecule has 0 radical (unpaired) electrons. The summed E-state index contributed by atoms with van der Waals surface area (Å²) in [6.07, 6.45) is 0. The number of carboxylic acid groups (broad SMARTS) is 1. The fourth-order valence-electron chi connectivity index (χ4n) is 3.07. The van der Waals surface area contributed by atoms with Crippen molar-refractivity contribution in [2.45, 2.75) is 6.61 Å². The molecular formula is C23H18ClN3O4. The molecule has 4 aromatic rings. The van der Waals surface area contributed by atoms with Crippen molar-refractivity contribution in [3.8, 4) is 16.9 Å². The van der Waals surface area contributed by atoms with Crippen molar-refractivity contribution in [1.82, 2.24) is 15.3 Å². The number of ether oxygens (including phenoxy) is 1. The number of carboxylic acids is 1. The van der Waals surface area contributed by atoms with E-state index in [2.05, 4.69) is 15.3 Å². The molecule has 0 spiro atoms. The summed E-state index contributed by atoms with van der Waals surface area (Å²) in [5.74, 6) is -0.933. The van der Waals surface area contributed by atoms with Crippen LogP contribution in [0.4, 0.5) is 0 Å². The number of benzene rings is 3. The smallest absolute Gasteiger partial charge is 0.322 e. The number of aromatic amines is 1. The molecule has 0 saturated carbocycles. The number of nitrogens with one attached hydrogen (secondary N) is 2. The largest absolute Gasteiger partial charge is 0.489 e. The summed E-state index contributed by atoms with van der Waals surface area (Å²) in [5.41, 5.74) is 4.01. The van der Waals surface area contributed by atoms with E-state index in [9.17, 15) is 9.59 Å². The third-order valence-corrected chi connectivity index (χ3v) is 4.99. The Bertz CT molecular complexity index is 1270. The average Bonchev–Trinajstić information content (AvgIpc) is 3.20. The standard InChI is InChI=1S/C23H18ClN3O4/c24-18-7-2-1-4-16(18)13-31-17-6-3-5-14(10-17)15-8-9-19-20(11-15)27-22(26-19)23(30)25-12-21(28)29/h1-11H,12-13H2,(H,25,30)(H,26,27)(H,28,29). The third kappa shape index (κ3) is 4.84. The summed E-state index contributed by atoms with van der Waals surface area (Å²) in [4.78, 5) is 29.8. The van der Waals surface area contributed by atoms with Crippen molar-refractivity contribution in [3.63, 3.8) is 0 Å². The summed E-state index contributed by atoms with van der Waals surface area (Å²) in [7, 11) is 0. The highest BCUT2D eigenvalue weighted by Gasteiger charge is 2.13. The molecule has 156 valence electrons. The summed E-state index contributed by atoms with van der Waals surface area (Å²) >= 11 is 6.19. The maximum atomic E-state index is 12.0. The van der Waals surface area contributed by atoms with Crippen molar-refractivity contribution in [2.24, 2.45) is 0 Å². The van der Waals surface area contributed by atoms with E-state index < -0.39 is 18.4 Å². The Morgan fingerprint density at radius 1 is 1.03 bits per heavy atom. The molecule has 0 atom stereocenters. The maximum Gasteiger partial charge on any atom is 0.322 e. The molecule has 1 heterocycles. The van der Waals surface area contributed by atoms with E-state index in [1.165, 1.54) is 0 Å². The van der Waals surface area contributed by atoms with Gasteiger partial charge in [-0.3, -0.25) is 9.59 Å². The summed E-state index contributed by atoms with van der Waals surface area (Å²) in [5, 5.41) is 11.6. The van der Waals surface area contributed by atoms with E-state index >= 15 is 0 Å². The number of H-pyrrole nitrogens is 1. The normalized spacial score (nSPS) is 10.7. The Labute approximate surface area is 182 Å². The van der Waals surface area contributed by atoms with Gasteiger partial charge in [0.15, 0.2) is 5.82 Å². The fraction of sp³-hybridized carbons (Fsp3) is 0.0870. The van der Waals surface area contributed by atoms with Gasteiger partial charge in [0.05, 0.1) is 11.0 Å². The predicted molar refractivity (Wildman–Crippen MR) is 117 cm³/mol. The minimum Gasteiger partial charge on any atom is -0.489 e. The van der Waals surface area contributed by atoms with Crippen molar-refractivity contribution in [3.05, 3.63) is 83.1 Å². The molecule has 0 unspecified atom stereocenters. The lowest BCUT2D eigenvalue weighted by Crippen LogP contribution is -2.29. The Morgan fingerprint density at radius 3 is 2.65 bits per heavy atom. The number of amides is 1. The van der Waals surface area contributed by atoms with Gasteiger partial charge in [-0.1, -0.05) is 48.0 Å². The average molecular weight is 436 g/mol. The van der Waals surface area contributed by atoms with Crippen molar-refractivity contribution >= 4 is 34.5 Å². The van der Waals surface area contributed by atoms with Crippen LogP contribution in [0.3, 0.4) is 0 Å². The van der Waals surface area contributed by atoms with Gasteiger partial charge < -0.3 is 20.1 Å². The molecule has 3 N–H and O–H groups in total. The van der Waals surface area contributed by atoms with Crippen molar-refractivity contribution in [1.29, 1.82) is 0 Å². The Kier molecular flexibility index (Phi) is 5.86. The lowest BCUT2D eigenvalue weighted by Gasteiger charge is -2.09. The Hall–Kier alpha value is -3.84. The van der Waals surface area contributed by atoms with Gasteiger partial charge in [-0.2, -0.15) is 0 Å². The second-order valence-electron chi connectivity index (χ2n) is 6.80. The minimum atomic E-state index is -1.12. The fourth-order valence-corrected chi connectivity index (χ4v) is 3.26. The van der Waals surface area contributed by atoms with E-state index in [1.807, 2.05) is 66.7 Å². The number of aromatic nitrogens is 2. The van der Waals surface area contributed by atoms with E-state index in [0.29, 0.717) is 28.4 Å². The van der Waals surface area contributed by atoms with E-state index in [-0.39, 0.29) is 5.82 Å². The molecule has 0 aliphatic carbocycles. The highest BCUT2D eigenvalue weighted by atomic mass is 35.5. The second kappa shape index (κ2) is 8.89. The number of aliphatic carboxylic acids is 1. The van der Waals surface area contributed by atoms with Gasteiger partial charge in [0.2, 0.25) is 0 Å². The first-order valence-electron chi connectivity index (χ1n) is 9.46. The van der Waals surface area contributed by atoms with Crippen LogP contribution in [0.2, 0.25) is 5.02 Å². The molecule has 3 aromatic carbocycles. The van der Waals surface area contributed by atoms with Gasteiger partial charge in [-0.05, 0) is 41.5 Å². The molecule has 0 bridgehead atoms. The summed E-state index contributed by atoms with van der Waals surface area (Å²) in [6.45, 7) is -0.113. The number of hydrogen-bond acceptors (Lipinski definition) is 4. The van der Waals surface area contributed by atoms with Crippen LogP contribution in [-0.4, -0.2) is 33.5 Å². The zero-order chi connectivity index (χ0) is 21.8. The first kappa shape index (κ1) is 20.4.